The highest BCUT2D eigenvalue weighted by molar-refractivity contribution is 6.10. The van der Waals surface area contributed by atoms with Crippen LogP contribution in [0, 0.1) is 0 Å². The van der Waals surface area contributed by atoms with Gasteiger partial charge in [0.2, 0.25) is 5.91 Å². The molecule has 0 spiro atoms. The molecule has 0 fully saturated rings. The standard InChI is InChI=1S/C35H34N2O3/c1-40-33(38)21-22-35(23-24-36(25-28-13-5-2-6-14-28)26-29-15-7-3-8-16-29)31-19-11-12-20-32(31)37(34(35)39)27-30-17-9-4-10-18-30/h2-22H,23-27H2,1H3/b22-21+. The fraction of sp³-hybridized carbons (Fsp3) is 0.200. The van der Waals surface area contributed by atoms with Crippen molar-refractivity contribution in [2.45, 2.75) is 31.5 Å². The van der Waals surface area contributed by atoms with Gasteiger partial charge in [-0.25, -0.2) is 4.79 Å². The van der Waals surface area contributed by atoms with Crippen LogP contribution in [0.25, 0.3) is 0 Å². The molecule has 0 saturated heterocycles. The molecule has 1 aliphatic heterocycles. The molecule has 40 heavy (non-hydrogen) atoms. The van der Waals surface area contributed by atoms with Crippen LogP contribution >= 0.6 is 0 Å². The number of rotatable bonds is 11. The Kier molecular flexibility index (Phi) is 8.53. The molecule has 1 amide bonds. The number of nitrogens with zero attached hydrogens (tertiary/aromatic N) is 2. The molecule has 4 aromatic rings. The number of ether oxygens (including phenoxy) is 1. The van der Waals surface area contributed by atoms with Gasteiger partial charge in [-0.2, -0.15) is 0 Å². The molecule has 5 nitrogen and oxygen atoms in total. The zero-order valence-electron chi connectivity index (χ0n) is 22.8. The molecular formula is C35H34N2O3. The van der Waals surface area contributed by atoms with E-state index in [0.29, 0.717) is 19.5 Å². The number of carbonyl (C=O) groups is 2. The highest BCUT2D eigenvalue weighted by atomic mass is 16.5. The Morgan fingerprint density at radius 3 is 1.88 bits per heavy atom. The van der Waals surface area contributed by atoms with Gasteiger partial charge in [-0.05, 0) is 34.7 Å². The quantitative estimate of drug-likeness (QED) is 0.169. The van der Waals surface area contributed by atoms with Crippen molar-refractivity contribution >= 4 is 17.6 Å². The summed E-state index contributed by atoms with van der Waals surface area (Å²) in [6, 6.07) is 38.7. The van der Waals surface area contributed by atoms with Gasteiger partial charge in [0.15, 0.2) is 0 Å². The third-order valence-electron chi connectivity index (χ3n) is 7.51. The lowest BCUT2D eigenvalue weighted by atomic mass is 9.78. The fourth-order valence-corrected chi connectivity index (χ4v) is 5.47. The number of hydrogen-bond donors (Lipinski definition) is 0. The van der Waals surface area contributed by atoms with E-state index in [2.05, 4.69) is 53.4 Å². The second kappa shape index (κ2) is 12.6. The van der Waals surface area contributed by atoms with Crippen molar-refractivity contribution in [3.05, 3.63) is 150 Å². The number of amides is 1. The van der Waals surface area contributed by atoms with Gasteiger partial charge < -0.3 is 9.64 Å². The van der Waals surface area contributed by atoms with Crippen LogP contribution in [0.5, 0.6) is 0 Å². The SMILES string of the molecule is COC(=O)/C=C/C1(CCN(Cc2ccccc2)Cc2ccccc2)C(=O)N(Cc2ccccc2)c2ccccc21. The van der Waals surface area contributed by atoms with Crippen LogP contribution in [0.3, 0.4) is 0 Å². The second-order valence-electron chi connectivity index (χ2n) is 10.2. The fourth-order valence-electron chi connectivity index (χ4n) is 5.47. The predicted octanol–water partition coefficient (Wildman–Crippen LogP) is 6.29. The minimum absolute atomic E-state index is 0.0305. The Hall–Kier alpha value is -4.48. The molecule has 1 atom stereocenters. The van der Waals surface area contributed by atoms with E-state index >= 15 is 0 Å². The Labute approximate surface area is 236 Å². The number of carbonyl (C=O) groups excluding carboxylic acids is 2. The van der Waals surface area contributed by atoms with Gasteiger partial charge in [0, 0.05) is 31.4 Å². The zero-order valence-corrected chi connectivity index (χ0v) is 22.8. The predicted molar refractivity (Wildman–Crippen MR) is 159 cm³/mol. The summed E-state index contributed by atoms with van der Waals surface area (Å²) < 4.78 is 4.92. The molecular weight excluding hydrogens is 496 g/mol. The first-order valence-corrected chi connectivity index (χ1v) is 13.6. The maximum Gasteiger partial charge on any atom is 0.330 e. The molecule has 1 heterocycles. The summed E-state index contributed by atoms with van der Waals surface area (Å²) in [4.78, 5) is 30.9. The van der Waals surface area contributed by atoms with Crippen LogP contribution in [0.15, 0.2) is 127 Å². The van der Waals surface area contributed by atoms with Gasteiger partial charge in [-0.3, -0.25) is 9.69 Å². The molecule has 1 aliphatic rings. The van der Waals surface area contributed by atoms with Gasteiger partial charge in [0.1, 0.15) is 0 Å². The van der Waals surface area contributed by atoms with Crippen molar-refractivity contribution in [3.8, 4) is 0 Å². The molecule has 202 valence electrons. The molecule has 5 heteroatoms. The zero-order chi connectivity index (χ0) is 27.8. The van der Waals surface area contributed by atoms with Crippen LogP contribution in [0.1, 0.15) is 28.7 Å². The Balaban J connectivity index is 1.50. The third-order valence-corrected chi connectivity index (χ3v) is 7.51. The Morgan fingerprint density at radius 2 is 1.30 bits per heavy atom. The minimum Gasteiger partial charge on any atom is -0.466 e. The molecule has 0 aliphatic carbocycles. The first-order chi connectivity index (χ1) is 19.6. The normalized spacial score (nSPS) is 16.4. The van der Waals surface area contributed by atoms with E-state index in [9.17, 15) is 9.59 Å². The summed E-state index contributed by atoms with van der Waals surface area (Å²) in [5.74, 6) is -0.506. The van der Waals surface area contributed by atoms with Crippen LogP contribution in [0.2, 0.25) is 0 Å². The van der Waals surface area contributed by atoms with Crippen molar-refractivity contribution in [3.63, 3.8) is 0 Å². The van der Waals surface area contributed by atoms with E-state index < -0.39 is 11.4 Å². The summed E-state index contributed by atoms with van der Waals surface area (Å²) in [5.41, 5.74) is 4.26. The monoisotopic (exact) mass is 530 g/mol. The first kappa shape index (κ1) is 27.1. The maximum absolute atomic E-state index is 14.4. The number of benzene rings is 4. The number of esters is 1. The molecule has 0 saturated carbocycles. The van der Waals surface area contributed by atoms with E-state index in [1.54, 1.807) is 6.08 Å². The maximum atomic E-state index is 14.4. The van der Waals surface area contributed by atoms with Gasteiger partial charge in [-0.1, -0.05) is 115 Å². The average molecular weight is 531 g/mol. The summed E-state index contributed by atoms with van der Waals surface area (Å²) in [6.07, 6.45) is 3.68. The largest absolute Gasteiger partial charge is 0.466 e. The molecule has 1 unspecified atom stereocenters. The first-order valence-electron chi connectivity index (χ1n) is 13.6. The van der Waals surface area contributed by atoms with Gasteiger partial charge >= 0.3 is 5.97 Å². The van der Waals surface area contributed by atoms with E-state index in [1.165, 1.54) is 24.3 Å². The molecule has 0 radical (unpaired) electrons. The third kappa shape index (κ3) is 6.05. The lowest BCUT2D eigenvalue weighted by Gasteiger charge is -2.30. The molecule has 4 aromatic carbocycles. The molecule has 0 bridgehead atoms. The number of anilines is 1. The van der Waals surface area contributed by atoms with E-state index in [-0.39, 0.29) is 5.91 Å². The van der Waals surface area contributed by atoms with E-state index in [4.69, 9.17) is 4.74 Å². The van der Waals surface area contributed by atoms with Crippen molar-refractivity contribution < 1.29 is 14.3 Å². The highest BCUT2D eigenvalue weighted by Crippen LogP contribution is 2.46. The number of hydrogen-bond acceptors (Lipinski definition) is 4. The second-order valence-corrected chi connectivity index (χ2v) is 10.2. The molecule has 0 aromatic heterocycles. The summed E-state index contributed by atoms with van der Waals surface area (Å²) in [6.45, 7) is 2.60. The number of methoxy groups -OCH3 is 1. The van der Waals surface area contributed by atoms with Gasteiger partial charge in [-0.15, -0.1) is 0 Å². The summed E-state index contributed by atoms with van der Waals surface area (Å²) in [5, 5.41) is 0. The number of fused-ring (bicyclic) bond motifs is 1. The smallest absolute Gasteiger partial charge is 0.330 e. The lowest BCUT2D eigenvalue weighted by molar-refractivity contribution is -0.134. The molecule has 0 N–H and O–H groups in total. The van der Waals surface area contributed by atoms with E-state index in [0.717, 1.165) is 29.9 Å². The van der Waals surface area contributed by atoms with Crippen LogP contribution in [-0.4, -0.2) is 30.4 Å². The van der Waals surface area contributed by atoms with Crippen LogP contribution < -0.4 is 4.90 Å². The highest BCUT2D eigenvalue weighted by Gasteiger charge is 2.49. The van der Waals surface area contributed by atoms with E-state index in [1.807, 2.05) is 71.6 Å². The van der Waals surface area contributed by atoms with Crippen LogP contribution in [0.4, 0.5) is 5.69 Å². The Bertz CT molecular complexity index is 1410. The van der Waals surface area contributed by atoms with Crippen molar-refractivity contribution in [2.75, 3.05) is 18.6 Å². The minimum atomic E-state index is -0.995. The molecule has 5 rings (SSSR count). The van der Waals surface area contributed by atoms with Crippen molar-refractivity contribution in [1.29, 1.82) is 0 Å². The lowest BCUT2D eigenvalue weighted by Crippen LogP contribution is -2.41. The van der Waals surface area contributed by atoms with Crippen molar-refractivity contribution in [1.82, 2.24) is 4.90 Å². The van der Waals surface area contributed by atoms with Crippen molar-refractivity contribution in [2.24, 2.45) is 0 Å². The van der Waals surface area contributed by atoms with Gasteiger partial charge in [0.05, 0.1) is 19.1 Å². The summed E-state index contributed by atoms with van der Waals surface area (Å²) in [7, 11) is 1.35. The van der Waals surface area contributed by atoms with Crippen LogP contribution in [-0.2, 0) is 39.4 Å². The number of para-hydroxylation sites is 1. The topological polar surface area (TPSA) is 49.9 Å². The summed E-state index contributed by atoms with van der Waals surface area (Å²) >= 11 is 0. The van der Waals surface area contributed by atoms with Gasteiger partial charge in [0.25, 0.3) is 0 Å². The Morgan fingerprint density at radius 1 is 0.775 bits per heavy atom. The average Bonchev–Trinajstić information content (AvgIpc) is 3.23.